The van der Waals surface area contributed by atoms with Gasteiger partial charge < -0.3 is 31.3 Å². The topological polar surface area (TPSA) is 166 Å². The molecule has 1 amide bonds. The van der Waals surface area contributed by atoms with Gasteiger partial charge in [0, 0.05) is 19.5 Å². The average molecular weight is 365 g/mol. The van der Waals surface area contributed by atoms with Crippen molar-refractivity contribution in [1.82, 2.24) is 24.4 Å². The second kappa shape index (κ2) is 7.11. The molecule has 4 atom stereocenters. The number of aromatic nitrogens is 4. The predicted molar refractivity (Wildman–Crippen MR) is 91.7 cm³/mol. The maximum absolute atomic E-state index is 10.9. The van der Waals surface area contributed by atoms with Gasteiger partial charge in [-0.25, -0.2) is 15.0 Å². The van der Waals surface area contributed by atoms with E-state index in [1.54, 1.807) is 18.5 Å². The Balaban J connectivity index is 1.81. The largest absolute Gasteiger partial charge is 0.387 e. The Morgan fingerprint density at radius 1 is 1.38 bits per heavy atom. The third kappa shape index (κ3) is 3.33. The standard InChI is InChI=1S/C15H23N7O4/c1-7-20-10-13(17)18-6-19-14(10)22(7)15-12(25)11(24)8(26-15)5-21(2)4-3-9(16)23/h6,8,11-12,15,24-25H,3-5H2,1-2H3,(H2,16,23)(H2,17,18,19)/t8-,11-,12-,15-/m1/s1. The first-order valence-electron chi connectivity index (χ1n) is 8.23. The van der Waals surface area contributed by atoms with Crippen molar-refractivity contribution in [2.24, 2.45) is 5.73 Å². The van der Waals surface area contributed by atoms with Crippen LogP contribution >= 0.6 is 0 Å². The molecule has 11 heteroatoms. The number of fused-ring (bicyclic) bond motifs is 1. The molecule has 0 bridgehead atoms. The fourth-order valence-corrected chi connectivity index (χ4v) is 3.13. The summed E-state index contributed by atoms with van der Waals surface area (Å²) < 4.78 is 7.50. The zero-order valence-electron chi connectivity index (χ0n) is 14.6. The van der Waals surface area contributed by atoms with Crippen molar-refractivity contribution in [3.05, 3.63) is 12.2 Å². The number of rotatable bonds is 6. The zero-order chi connectivity index (χ0) is 19.0. The summed E-state index contributed by atoms with van der Waals surface area (Å²) >= 11 is 0. The highest BCUT2D eigenvalue weighted by Gasteiger charge is 2.45. The number of nitrogens with two attached hydrogens (primary N) is 2. The molecule has 3 rings (SSSR count). The number of ether oxygens (including phenoxy) is 1. The van der Waals surface area contributed by atoms with Gasteiger partial charge >= 0.3 is 0 Å². The van der Waals surface area contributed by atoms with E-state index in [9.17, 15) is 15.0 Å². The Bertz CT molecular complexity index is 811. The minimum Gasteiger partial charge on any atom is -0.387 e. The molecule has 1 aliphatic rings. The molecular weight excluding hydrogens is 342 g/mol. The lowest BCUT2D eigenvalue weighted by atomic mass is 10.1. The van der Waals surface area contributed by atoms with Crippen molar-refractivity contribution in [2.45, 2.75) is 37.9 Å². The number of nitrogens with zero attached hydrogens (tertiary/aromatic N) is 5. The summed E-state index contributed by atoms with van der Waals surface area (Å²) in [4.78, 5) is 25.1. The molecule has 3 heterocycles. The van der Waals surface area contributed by atoms with E-state index in [2.05, 4.69) is 15.0 Å². The lowest BCUT2D eigenvalue weighted by Gasteiger charge is -2.22. The molecule has 6 N–H and O–H groups in total. The average Bonchev–Trinajstić information content (AvgIpc) is 3.05. The summed E-state index contributed by atoms with van der Waals surface area (Å²) in [6.07, 6.45) is -2.28. The Kier molecular flexibility index (Phi) is 5.05. The molecule has 0 radical (unpaired) electrons. The van der Waals surface area contributed by atoms with Gasteiger partial charge in [-0.1, -0.05) is 0 Å². The third-order valence-corrected chi connectivity index (χ3v) is 4.50. The highest BCUT2D eigenvalue weighted by Crippen LogP contribution is 2.33. The summed E-state index contributed by atoms with van der Waals surface area (Å²) in [6.45, 7) is 2.49. The molecule has 142 valence electrons. The monoisotopic (exact) mass is 365 g/mol. The number of hydrogen-bond donors (Lipinski definition) is 4. The number of amides is 1. The van der Waals surface area contributed by atoms with Crippen LogP contribution in [0.25, 0.3) is 11.2 Å². The second-order valence-electron chi connectivity index (χ2n) is 6.48. The summed E-state index contributed by atoms with van der Waals surface area (Å²) in [5, 5.41) is 20.9. The van der Waals surface area contributed by atoms with Crippen molar-refractivity contribution < 1.29 is 19.7 Å². The second-order valence-corrected chi connectivity index (χ2v) is 6.48. The number of nitrogen functional groups attached to an aromatic ring is 1. The Morgan fingerprint density at radius 2 is 2.12 bits per heavy atom. The number of primary amides is 1. The number of anilines is 1. The molecule has 1 saturated heterocycles. The van der Waals surface area contributed by atoms with Crippen LogP contribution in [0.4, 0.5) is 5.82 Å². The minimum atomic E-state index is -1.17. The van der Waals surface area contributed by atoms with Crippen LogP contribution in [-0.4, -0.2) is 79.0 Å². The molecular formula is C15H23N7O4. The maximum Gasteiger partial charge on any atom is 0.218 e. The van der Waals surface area contributed by atoms with Crippen molar-refractivity contribution in [3.8, 4) is 0 Å². The first kappa shape index (κ1) is 18.5. The Morgan fingerprint density at radius 3 is 2.81 bits per heavy atom. The predicted octanol–water partition coefficient (Wildman–Crippen LogP) is -1.86. The molecule has 0 aliphatic carbocycles. The van der Waals surface area contributed by atoms with Gasteiger partial charge in [-0.2, -0.15) is 0 Å². The van der Waals surface area contributed by atoms with E-state index >= 15 is 0 Å². The zero-order valence-corrected chi connectivity index (χ0v) is 14.6. The minimum absolute atomic E-state index is 0.201. The van der Waals surface area contributed by atoms with Crippen LogP contribution < -0.4 is 11.5 Å². The highest BCUT2D eigenvalue weighted by atomic mass is 16.6. The van der Waals surface area contributed by atoms with E-state index in [0.29, 0.717) is 30.1 Å². The van der Waals surface area contributed by atoms with E-state index in [-0.39, 0.29) is 12.2 Å². The quantitative estimate of drug-likeness (QED) is 0.459. The van der Waals surface area contributed by atoms with Crippen molar-refractivity contribution in [1.29, 1.82) is 0 Å². The Labute approximate surface area is 149 Å². The molecule has 1 aliphatic heterocycles. The van der Waals surface area contributed by atoms with Crippen LogP contribution in [-0.2, 0) is 9.53 Å². The van der Waals surface area contributed by atoms with E-state index in [1.807, 2.05) is 4.90 Å². The van der Waals surface area contributed by atoms with Crippen LogP contribution in [0, 0.1) is 6.92 Å². The molecule has 1 fully saturated rings. The lowest BCUT2D eigenvalue weighted by Crippen LogP contribution is -2.39. The van der Waals surface area contributed by atoms with Crippen LogP contribution in [0.3, 0.4) is 0 Å². The number of carbonyl (C=O) groups is 1. The number of imidazole rings is 1. The Hall–Kier alpha value is -2.34. The normalized spacial score (nSPS) is 26.0. The fourth-order valence-electron chi connectivity index (χ4n) is 3.13. The summed E-state index contributed by atoms with van der Waals surface area (Å²) in [7, 11) is 1.78. The fraction of sp³-hybridized carbons (Fsp3) is 0.600. The molecule has 0 spiro atoms. The summed E-state index contributed by atoms with van der Waals surface area (Å²) in [5.41, 5.74) is 11.8. The lowest BCUT2D eigenvalue weighted by molar-refractivity contribution is -0.118. The van der Waals surface area contributed by atoms with Crippen LogP contribution in [0.5, 0.6) is 0 Å². The van der Waals surface area contributed by atoms with Gasteiger partial charge in [0.1, 0.15) is 30.5 Å². The highest BCUT2D eigenvalue weighted by molar-refractivity contribution is 5.81. The van der Waals surface area contributed by atoms with E-state index in [4.69, 9.17) is 16.2 Å². The summed E-state index contributed by atoms with van der Waals surface area (Å²) in [6, 6.07) is 0. The number of likely N-dealkylation sites (N-methyl/N-ethyl adjacent to an activating group) is 1. The molecule has 2 aromatic heterocycles. The number of carbonyl (C=O) groups excluding carboxylic acids is 1. The van der Waals surface area contributed by atoms with E-state index < -0.39 is 30.4 Å². The first-order valence-corrected chi connectivity index (χ1v) is 8.23. The number of aliphatic hydroxyl groups excluding tert-OH is 2. The first-order chi connectivity index (χ1) is 12.3. The van der Waals surface area contributed by atoms with Crippen molar-refractivity contribution >= 4 is 22.9 Å². The summed E-state index contributed by atoms with van der Waals surface area (Å²) in [5.74, 6) is 0.360. The van der Waals surface area contributed by atoms with Gasteiger partial charge in [-0.05, 0) is 14.0 Å². The maximum atomic E-state index is 10.9. The van der Waals surface area contributed by atoms with E-state index in [0.717, 1.165) is 0 Å². The van der Waals surface area contributed by atoms with Gasteiger partial charge in [-0.15, -0.1) is 0 Å². The number of aryl methyl sites for hydroxylation is 1. The molecule has 0 unspecified atom stereocenters. The molecule has 0 aromatic carbocycles. The SMILES string of the molecule is Cc1nc2c(N)ncnc2n1[C@@H]1O[C@H](CN(C)CCC(N)=O)[C@@H](O)[C@H]1O. The van der Waals surface area contributed by atoms with Crippen LogP contribution in [0.15, 0.2) is 6.33 Å². The molecule has 0 saturated carbocycles. The smallest absolute Gasteiger partial charge is 0.218 e. The van der Waals surface area contributed by atoms with Crippen molar-refractivity contribution in [3.63, 3.8) is 0 Å². The number of aliphatic hydroxyl groups is 2. The molecule has 26 heavy (non-hydrogen) atoms. The van der Waals surface area contributed by atoms with Gasteiger partial charge in [0.05, 0.1) is 0 Å². The van der Waals surface area contributed by atoms with Gasteiger partial charge in [0.15, 0.2) is 23.2 Å². The number of hydrogen-bond acceptors (Lipinski definition) is 9. The third-order valence-electron chi connectivity index (χ3n) is 4.50. The molecule has 11 nitrogen and oxygen atoms in total. The van der Waals surface area contributed by atoms with E-state index in [1.165, 1.54) is 6.33 Å². The van der Waals surface area contributed by atoms with Gasteiger partial charge in [-0.3, -0.25) is 9.36 Å². The van der Waals surface area contributed by atoms with Gasteiger partial charge in [0.2, 0.25) is 5.91 Å². The van der Waals surface area contributed by atoms with Gasteiger partial charge in [0.25, 0.3) is 0 Å². The van der Waals surface area contributed by atoms with Crippen LogP contribution in [0.1, 0.15) is 18.5 Å². The molecule has 2 aromatic rings. The van der Waals surface area contributed by atoms with Crippen molar-refractivity contribution in [2.75, 3.05) is 25.9 Å². The van der Waals surface area contributed by atoms with Crippen LogP contribution in [0.2, 0.25) is 0 Å².